The van der Waals surface area contributed by atoms with Gasteiger partial charge >= 0.3 is 5.97 Å². The molecular formula is C22H29N2O3S+. The van der Waals surface area contributed by atoms with Crippen molar-refractivity contribution in [1.29, 1.82) is 0 Å². The van der Waals surface area contributed by atoms with E-state index < -0.39 is 0 Å². The number of anilines is 1. The van der Waals surface area contributed by atoms with Crippen molar-refractivity contribution in [2.75, 3.05) is 11.9 Å². The van der Waals surface area contributed by atoms with E-state index in [9.17, 15) is 9.59 Å². The van der Waals surface area contributed by atoms with Crippen molar-refractivity contribution in [3.63, 3.8) is 0 Å². The molecule has 28 heavy (non-hydrogen) atoms. The summed E-state index contributed by atoms with van der Waals surface area (Å²) >= 11 is 1.49. The Morgan fingerprint density at radius 1 is 1.18 bits per heavy atom. The van der Waals surface area contributed by atoms with E-state index >= 15 is 0 Å². The molecule has 1 aromatic carbocycles. The summed E-state index contributed by atoms with van der Waals surface area (Å²) in [6.07, 6.45) is 0.747. The van der Waals surface area contributed by atoms with E-state index in [1.54, 1.807) is 19.1 Å². The number of esters is 1. The fourth-order valence-electron chi connectivity index (χ4n) is 4.09. The number of hydrogen-bond donors (Lipinski definition) is 2. The lowest BCUT2D eigenvalue weighted by Gasteiger charge is -2.38. The molecule has 1 aliphatic rings. The monoisotopic (exact) mass is 401 g/mol. The molecule has 0 bridgehead atoms. The molecule has 0 saturated carbocycles. The summed E-state index contributed by atoms with van der Waals surface area (Å²) < 4.78 is 5.34. The minimum atomic E-state index is -0.368. The molecule has 1 aromatic heterocycles. The molecule has 3 rings (SSSR count). The number of benzene rings is 1. The first-order valence-electron chi connectivity index (χ1n) is 9.62. The minimum absolute atomic E-state index is 0.0446. The van der Waals surface area contributed by atoms with Crippen LogP contribution in [0.15, 0.2) is 24.3 Å². The highest BCUT2D eigenvalue weighted by atomic mass is 32.1. The molecular weight excluding hydrogens is 372 g/mol. The number of hydrogen-bond acceptors (Lipinski definition) is 4. The van der Waals surface area contributed by atoms with Gasteiger partial charge < -0.3 is 15.4 Å². The van der Waals surface area contributed by atoms with Crippen molar-refractivity contribution in [1.82, 2.24) is 0 Å². The third-order valence-electron chi connectivity index (χ3n) is 5.00. The lowest BCUT2D eigenvalue weighted by Crippen LogP contribution is -3.03. The second-order valence-electron chi connectivity index (χ2n) is 8.69. The van der Waals surface area contributed by atoms with Gasteiger partial charge in [-0.15, -0.1) is 11.3 Å². The van der Waals surface area contributed by atoms with E-state index in [0.717, 1.165) is 22.4 Å². The van der Waals surface area contributed by atoms with Crippen molar-refractivity contribution in [2.24, 2.45) is 0 Å². The number of quaternary nitrogens is 1. The molecule has 0 atom stereocenters. The van der Waals surface area contributed by atoms with Crippen LogP contribution in [0.4, 0.5) is 5.00 Å². The standard InChI is InChI=1S/C22H28N2O3S/c1-7-27-20(26)16-15-12-21(3,4)24-22(5,6)17(15)28-19(16)23-18(25)14-10-8-13(2)9-11-14/h8-11,24H,7,12H2,1-6H3,(H,23,25)/p+1. The van der Waals surface area contributed by atoms with Gasteiger partial charge in [0.25, 0.3) is 5.91 Å². The molecule has 0 aliphatic carbocycles. The van der Waals surface area contributed by atoms with E-state index in [1.165, 1.54) is 11.3 Å². The highest BCUT2D eigenvalue weighted by Crippen LogP contribution is 2.42. The Labute approximate surface area is 170 Å². The molecule has 3 N–H and O–H groups in total. The van der Waals surface area contributed by atoms with Crippen LogP contribution in [0.2, 0.25) is 0 Å². The predicted octanol–water partition coefficient (Wildman–Crippen LogP) is 3.62. The van der Waals surface area contributed by atoms with E-state index in [1.807, 2.05) is 19.1 Å². The first kappa shape index (κ1) is 20.6. The van der Waals surface area contributed by atoms with E-state index in [2.05, 4.69) is 38.3 Å². The molecule has 0 saturated heterocycles. The number of amides is 1. The molecule has 2 heterocycles. The first-order valence-corrected chi connectivity index (χ1v) is 10.4. The molecule has 0 unspecified atom stereocenters. The van der Waals surface area contributed by atoms with Gasteiger partial charge in [-0.25, -0.2) is 4.79 Å². The molecule has 1 amide bonds. The smallest absolute Gasteiger partial charge is 0.341 e. The van der Waals surface area contributed by atoms with Gasteiger partial charge in [-0.05, 0) is 59.2 Å². The van der Waals surface area contributed by atoms with E-state index in [4.69, 9.17) is 4.74 Å². The summed E-state index contributed by atoms with van der Waals surface area (Å²) in [6.45, 7) is 12.7. The predicted molar refractivity (Wildman–Crippen MR) is 112 cm³/mol. The molecule has 1 aliphatic heterocycles. The summed E-state index contributed by atoms with van der Waals surface area (Å²) in [7, 11) is 0. The van der Waals surface area contributed by atoms with Crippen LogP contribution in [-0.4, -0.2) is 24.0 Å². The van der Waals surface area contributed by atoms with Crippen LogP contribution in [0, 0.1) is 6.92 Å². The lowest BCUT2D eigenvalue weighted by molar-refractivity contribution is -0.789. The van der Waals surface area contributed by atoms with Crippen LogP contribution in [0.3, 0.4) is 0 Å². The second-order valence-corrected chi connectivity index (χ2v) is 9.71. The second kappa shape index (κ2) is 7.33. The van der Waals surface area contributed by atoms with Crippen LogP contribution in [0.5, 0.6) is 0 Å². The van der Waals surface area contributed by atoms with E-state index in [0.29, 0.717) is 22.7 Å². The third kappa shape index (κ3) is 3.98. The zero-order valence-electron chi connectivity index (χ0n) is 17.4. The summed E-state index contributed by atoms with van der Waals surface area (Å²) in [4.78, 5) is 26.7. The van der Waals surface area contributed by atoms with Crippen LogP contribution in [0.25, 0.3) is 0 Å². The number of carbonyl (C=O) groups is 2. The zero-order chi connectivity index (χ0) is 20.7. The molecule has 0 spiro atoms. The van der Waals surface area contributed by atoms with Gasteiger partial charge in [0.05, 0.1) is 22.6 Å². The molecule has 2 aromatic rings. The highest BCUT2D eigenvalue weighted by molar-refractivity contribution is 7.17. The molecule has 0 radical (unpaired) electrons. The Balaban J connectivity index is 2.06. The Bertz CT molecular complexity index is 911. The Morgan fingerprint density at radius 2 is 1.82 bits per heavy atom. The average molecular weight is 402 g/mol. The quantitative estimate of drug-likeness (QED) is 0.769. The van der Waals surface area contributed by atoms with Crippen molar-refractivity contribution >= 4 is 28.2 Å². The van der Waals surface area contributed by atoms with Gasteiger partial charge in [-0.1, -0.05) is 17.7 Å². The number of aryl methyl sites for hydroxylation is 1. The summed E-state index contributed by atoms with van der Waals surface area (Å²) in [5, 5.41) is 5.88. The maximum atomic E-state index is 12.8. The maximum absolute atomic E-state index is 12.8. The third-order valence-corrected chi connectivity index (χ3v) is 6.48. The molecule has 6 heteroatoms. The fourth-order valence-corrected chi connectivity index (χ4v) is 5.37. The first-order chi connectivity index (χ1) is 13.0. The minimum Gasteiger partial charge on any atom is -0.462 e. The van der Waals surface area contributed by atoms with Crippen LogP contribution in [0.1, 0.15) is 71.3 Å². The van der Waals surface area contributed by atoms with Crippen molar-refractivity contribution in [3.8, 4) is 0 Å². The van der Waals surface area contributed by atoms with Crippen molar-refractivity contribution in [3.05, 3.63) is 51.4 Å². The van der Waals surface area contributed by atoms with Crippen LogP contribution in [-0.2, 0) is 16.7 Å². The largest absolute Gasteiger partial charge is 0.462 e. The summed E-state index contributed by atoms with van der Waals surface area (Å²) in [5.74, 6) is -0.585. The van der Waals surface area contributed by atoms with Gasteiger partial charge in [0.15, 0.2) is 0 Å². The molecule has 5 nitrogen and oxygen atoms in total. The molecule has 0 fully saturated rings. The van der Waals surface area contributed by atoms with Gasteiger partial charge in [-0.2, -0.15) is 0 Å². The normalized spacial score (nSPS) is 16.9. The summed E-state index contributed by atoms with van der Waals surface area (Å²) in [5.41, 5.74) is 2.94. The Hall–Kier alpha value is -2.18. The van der Waals surface area contributed by atoms with Gasteiger partial charge in [0, 0.05) is 12.0 Å². The fraction of sp³-hybridized carbons (Fsp3) is 0.455. The maximum Gasteiger partial charge on any atom is 0.341 e. The number of thiophene rings is 1. The van der Waals surface area contributed by atoms with Gasteiger partial charge in [0.1, 0.15) is 10.5 Å². The Morgan fingerprint density at radius 3 is 2.43 bits per heavy atom. The van der Waals surface area contributed by atoms with Crippen LogP contribution >= 0.6 is 11.3 Å². The Kier molecular flexibility index (Phi) is 5.38. The lowest BCUT2D eigenvalue weighted by atomic mass is 9.81. The average Bonchev–Trinajstić information content (AvgIpc) is 2.92. The number of fused-ring (bicyclic) bond motifs is 1. The van der Waals surface area contributed by atoms with E-state index in [-0.39, 0.29) is 23.0 Å². The highest BCUT2D eigenvalue weighted by Gasteiger charge is 2.45. The summed E-state index contributed by atoms with van der Waals surface area (Å²) in [6, 6.07) is 7.40. The number of ether oxygens (including phenoxy) is 1. The number of carbonyl (C=O) groups excluding carboxylic acids is 2. The number of rotatable bonds is 4. The zero-order valence-corrected chi connectivity index (χ0v) is 18.3. The number of nitrogens with two attached hydrogens (primary N) is 1. The topological polar surface area (TPSA) is 72.0 Å². The van der Waals surface area contributed by atoms with Crippen molar-refractivity contribution < 1.29 is 19.6 Å². The SMILES string of the molecule is CCOC(=O)c1c(NC(=O)c2ccc(C)cc2)sc2c1CC(C)(C)[NH2+]C2(C)C. The molecule has 150 valence electrons. The van der Waals surface area contributed by atoms with Crippen molar-refractivity contribution in [2.45, 2.75) is 59.0 Å². The van der Waals surface area contributed by atoms with Gasteiger partial charge in [0.2, 0.25) is 0 Å². The van der Waals surface area contributed by atoms with Crippen LogP contribution < -0.4 is 10.6 Å². The number of nitrogens with one attached hydrogen (secondary N) is 1. The van der Waals surface area contributed by atoms with Gasteiger partial charge in [-0.3, -0.25) is 4.79 Å².